The zero-order chi connectivity index (χ0) is 16.3. The Bertz CT molecular complexity index is 579. The van der Waals surface area contributed by atoms with Gasteiger partial charge in [0.15, 0.2) is 0 Å². The summed E-state index contributed by atoms with van der Waals surface area (Å²) in [5.74, 6) is -2.20. The lowest BCUT2D eigenvalue weighted by molar-refractivity contribution is -0.140. The number of aliphatic carboxylic acids is 1. The quantitative estimate of drug-likeness (QED) is 0.796. The summed E-state index contributed by atoms with van der Waals surface area (Å²) in [6.07, 6.45) is 0.949. The molecule has 1 aliphatic carbocycles. The smallest absolute Gasteiger partial charge is 0.307 e. The summed E-state index contributed by atoms with van der Waals surface area (Å²) in [4.78, 5) is 23.0. The van der Waals surface area contributed by atoms with Crippen LogP contribution < -0.4 is 5.32 Å². The Morgan fingerprint density at radius 3 is 2.64 bits per heavy atom. The van der Waals surface area contributed by atoms with Crippen molar-refractivity contribution >= 4 is 35.1 Å². The van der Waals surface area contributed by atoms with Crippen LogP contribution in [0.5, 0.6) is 0 Å². The summed E-state index contributed by atoms with van der Waals surface area (Å²) in [6.45, 7) is 0.457. The van der Waals surface area contributed by atoms with Gasteiger partial charge in [-0.3, -0.25) is 9.59 Å². The number of hydrogen-bond acceptors (Lipinski definition) is 3. The van der Waals surface area contributed by atoms with E-state index in [2.05, 4.69) is 5.32 Å². The van der Waals surface area contributed by atoms with Gasteiger partial charge < -0.3 is 15.2 Å². The highest BCUT2D eigenvalue weighted by Crippen LogP contribution is 2.39. The average molecular weight is 346 g/mol. The van der Waals surface area contributed by atoms with Gasteiger partial charge in [-0.1, -0.05) is 29.3 Å². The maximum absolute atomic E-state index is 12.1. The Kier molecular flexibility index (Phi) is 5.67. The molecule has 0 saturated heterocycles. The fourth-order valence-electron chi connectivity index (χ4n) is 2.32. The molecule has 22 heavy (non-hydrogen) atoms. The van der Waals surface area contributed by atoms with E-state index in [0.717, 1.165) is 5.56 Å². The van der Waals surface area contributed by atoms with Gasteiger partial charge in [-0.15, -0.1) is 0 Å². The molecule has 0 radical (unpaired) electrons. The predicted octanol–water partition coefficient (Wildman–Crippen LogP) is 2.91. The lowest BCUT2D eigenvalue weighted by atomic mass is 10.0. The number of halogens is 2. The molecule has 3 unspecified atom stereocenters. The average Bonchev–Trinajstić information content (AvgIpc) is 3.27. The van der Waals surface area contributed by atoms with E-state index in [9.17, 15) is 9.59 Å². The molecule has 1 aromatic rings. The second-order valence-corrected chi connectivity index (χ2v) is 6.12. The topological polar surface area (TPSA) is 75.6 Å². The highest BCUT2D eigenvalue weighted by Gasteiger charge is 2.48. The molecule has 0 heterocycles. The number of carboxylic acids is 1. The van der Waals surface area contributed by atoms with Gasteiger partial charge in [0.1, 0.15) is 0 Å². The normalized spacial score (nSPS) is 21.2. The SMILES string of the molecule is COCCC(NC(=O)C1CC1C(=O)O)c1ccc(Cl)c(Cl)c1. The maximum Gasteiger partial charge on any atom is 0.307 e. The monoisotopic (exact) mass is 345 g/mol. The minimum absolute atomic E-state index is 0.250. The lowest BCUT2D eigenvalue weighted by Crippen LogP contribution is -2.31. The van der Waals surface area contributed by atoms with Crippen LogP contribution in [-0.4, -0.2) is 30.7 Å². The number of rotatable bonds is 7. The number of benzene rings is 1. The molecule has 0 aliphatic heterocycles. The summed E-state index contributed by atoms with van der Waals surface area (Å²) in [7, 11) is 1.58. The number of hydrogen-bond donors (Lipinski definition) is 2. The molecular weight excluding hydrogens is 329 g/mol. The van der Waals surface area contributed by atoms with Gasteiger partial charge in [-0.2, -0.15) is 0 Å². The highest BCUT2D eigenvalue weighted by atomic mass is 35.5. The number of ether oxygens (including phenoxy) is 1. The van der Waals surface area contributed by atoms with Crippen LogP contribution in [0.2, 0.25) is 10.0 Å². The molecule has 1 aromatic carbocycles. The first-order valence-corrected chi connectivity index (χ1v) is 7.66. The number of carbonyl (C=O) groups excluding carboxylic acids is 1. The van der Waals surface area contributed by atoms with E-state index in [1.54, 1.807) is 25.3 Å². The summed E-state index contributed by atoms with van der Waals surface area (Å²) in [5, 5.41) is 12.6. The van der Waals surface area contributed by atoms with Crippen LogP contribution in [0.3, 0.4) is 0 Å². The molecule has 7 heteroatoms. The van der Waals surface area contributed by atoms with Gasteiger partial charge in [-0.25, -0.2) is 0 Å². The van der Waals surface area contributed by atoms with Crippen molar-refractivity contribution in [3.63, 3.8) is 0 Å². The second-order valence-electron chi connectivity index (χ2n) is 5.30. The fraction of sp³-hybridized carbons (Fsp3) is 0.467. The Morgan fingerprint density at radius 1 is 1.36 bits per heavy atom. The second kappa shape index (κ2) is 7.31. The number of carbonyl (C=O) groups is 2. The minimum atomic E-state index is -0.928. The first-order valence-electron chi connectivity index (χ1n) is 6.91. The Morgan fingerprint density at radius 2 is 2.09 bits per heavy atom. The lowest BCUT2D eigenvalue weighted by Gasteiger charge is -2.19. The van der Waals surface area contributed by atoms with Crippen LogP contribution >= 0.6 is 23.2 Å². The van der Waals surface area contributed by atoms with Crippen molar-refractivity contribution < 1.29 is 19.4 Å². The fourth-order valence-corrected chi connectivity index (χ4v) is 2.63. The molecule has 0 aromatic heterocycles. The van der Waals surface area contributed by atoms with E-state index in [4.69, 9.17) is 33.0 Å². The molecule has 120 valence electrons. The third-order valence-electron chi connectivity index (χ3n) is 3.72. The van der Waals surface area contributed by atoms with E-state index in [1.165, 1.54) is 0 Å². The van der Waals surface area contributed by atoms with Crippen LogP contribution in [0.25, 0.3) is 0 Å². The van der Waals surface area contributed by atoms with Crippen molar-refractivity contribution in [1.29, 1.82) is 0 Å². The van der Waals surface area contributed by atoms with E-state index in [1.807, 2.05) is 0 Å². The van der Waals surface area contributed by atoms with Gasteiger partial charge >= 0.3 is 5.97 Å². The van der Waals surface area contributed by atoms with Crippen molar-refractivity contribution in [1.82, 2.24) is 5.32 Å². The van der Waals surface area contributed by atoms with E-state index in [0.29, 0.717) is 29.5 Å². The summed E-state index contributed by atoms with van der Waals surface area (Å²) >= 11 is 11.9. The first kappa shape index (κ1) is 17.1. The van der Waals surface area contributed by atoms with E-state index < -0.39 is 17.8 Å². The van der Waals surface area contributed by atoms with Crippen molar-refractivity contribution in [2.24, 2.45) is 11.8 Å². The van der Waals surface area contributed by atoms with Crippen molar-refractivity contribution in [3.8, 4) is 0 Å². The van der Waals surface area contributed by atoms with E-state index >= 15 is 0 Å². The first-order chi connectivity index (χ1) is 10.4. The molecule has 2 rings (SSSR count). The molecular formula is C15H17Cl2NO4. The zero-order valence-electron chi connectivity index (χ0n) is 12.0. The molecule has 1 fully saturated rings. The molecule has 0 bridgehead atoms. The Balaban J connectivity index is 2.07. The summed E-state index contributed by atoms with van der Waals surface area (Å²) in [5.41, 5.74) is 0.812. The largest absolute Gasteiger partial charge is 0.481 e. The van der Waals surface area contributed by atoms with Crippen molar-refractivity contribution in [2.75, 3.05) is 13.7 Å². The number of amides is 1. The Hall–Kier alpha value is -1.30. The summed E-state index contributed by atoms with van der Waals surface area (Å²) in [6, 6.07) is 4.86. The van der Waals surface area contributed by atoms with Gasteiger partial charge in [0, 0.05) is 13.7 Å². The molecule has 3 atom stereocenters. The predicted molar refractivity (Wildman–Crippen MR) is 83.1 cm³/mol. The number of methoxy groups -OCH3 is 1. The summed E-state index contributed by atoms with van der Waals surface area (Å²) < 4.78 is 5.06. The third-order valence-corrected chi connectivity index (χ3v) is 4.46. The van der Waals surface area contributed by atoms with Gasteiger partial charge in [0.2, 0.25) is 5.91 Å². The van der Waals surface area contributed by atoms with Crippen molar-refractivity contribution in [3.05, 3.63) is 33.8 Å². The van der Waals surface area contributed by atoms with Crippen LogP contribution in [0.1, 0.15) is 24.4 Å². The van der Waals surface area contributed by atoms with Crippen LogP contribution in [0.15, 0.2) is 18.2 Å². The van der Waals surface area contributed by atoms with Gasteiger partial charge in [0.05, 0.1) is 27.9 Å². The standard InChI is InChI=1S/C15H17Cl2NO4/c1-22-5-4-13(8-2-3-11(16)12(17)6-8)18-14(19)9-7-10(9)15(20)21/h2-3,6,9-10,13H,4-5,7H2,1H3,(H,18,19)(H,20,21). The number of carboxylic acid groups (broad SMARTS) is 1. The van der Waals surface area contributed by atoms with Gasteiger partial charge in [-0.05, 0) is 30.5 Å². The van der Waals surface area contributed by atoms with Crippen LogP contribution in [0, 0.1) is 11.8 Å². The highest BCUT2D eigenvalue weighted by molar-refractivity contribution is 6.42. The van der Waals surface area contributed by atoms with Crippen molar-refractivity contribution in [2.45, 2.75) is 18.9 Å². The molecule has 2 N–H and O–H groups in total. The minimum Gasteiger partial charge on any atom is -0.481 e. The molecule has 0 spiro atoms. The zero-order valence-corrected chi connectivity index (χ0v) is 13.5. The van der Waals surface area contributed by atoms with Gasteiger partial charge in [0.25, 0.3) is 0 Å². The van der Waals surface area contributed by atoms with Crippen LogP contribution in [0.4, 0.5) is 0 Å². The Labute approximate surface area is 138 Å². The maximum atomic E-state index is 12.1. The molecule has 5 nitrogen and oxygen atoms in total. The van der Waals surface area contributed by atoms with Crippen LogP contribution in [-0.2, 0) is 14.3 Å². The number of nitrogens with one attached hydrogen (secondary N) is 1. The molecule has 1 amide bonds. The third kappa shape index (κ3) is 4.12. The molecule has 1 aliphatic rings. The van der Waals surface area contributed by atoms with E-state index in [-0.39, 0.29) is 11.9 Å². The molecule has 1 saturated carbocycles.